The SMILES string of the molecule is C=C(C)C(=O)Oc1cccc(C=CC(=O)c2ccc(OC(=O)C(=C)C)c(OC(=O)C(=C)C)c2)c1. The second-order valence-corrected chi connectivity index (χ2v) is 7.44. The van der Waals surface area contributed by atoms with Crippen LogP contribution in [0.3, 0.4) is 0 Å². The highest BCUT2D eigenvalue weighted by molar-refractivity contribution is 6.07. The molecule has 0 aliphatic carbocycles. The predicted molar refractivity (Wildman–Crippen MR) is 128 cm³/mol. The van der Waals surface area contributed by atoms with Crippen molar-refractivity contribution in [3.63, 3.8) is 0 Å². The van der Waals surface area contributed by atoms with Crippen LogP contribution in [0.4, 0.5) is 0 Å². The van der Waals surface area contributed by atoms with Crippen molar-refractivity contribution in [1.82, 2.24) is 0 Å². The van der Waals surface area contributed by atoms with Gasteiger partial charge in [-0.3, -0.25) is 4.79 Å². The molecule has 0 saturated heterocycles. The lowest BCUT2D eigenvalue weighted by Gasteiger charge is -2.11. The van der Waals surface area contributed by atoms with Crippen LogP contribution < -0.4 is 14.2 Å². The Morgan fingerprint density at radius 3 is 1.85 bits per heavy atom. The molecule has 0 fully saturated rings. The number of carbonyl (C=O) groups excluding carboxylic acids is 4. The smallest absolute Gasteiger partial charge is 0.338 e. The van der Waals surface area contributed by atoms with Gasteiger partial charge in [0.1, 0.15) is 5.75 Å². The molecule has 0 aliphatic rings. The predicted octanol–water partition coefficient (Wildman–Crippen LogP) is 5.03. The van der Waals surface area contributed by atoms with Gasteiger partial charge in [-0.2, -0.15) is 0 Å². The topological polar surface area (TPSA) is 96.0 Å². The summed E-state index contributed by atoms with van der Waals surface area (Å²) in [6.45, 7) is 15.0. The lowest BCUT2D eigenvalue weighted by Crippen LogP contribution is -2.13. The summed E-state index contributed by atoms with van der Waals surface area (Å²) < 4.78 is 15.6. The zero-order valence-electron chi connectivity index (χ0n) is 19.2. The van der Waals surface area contributed by atoms with E-state index >= 15 is 0 Å². The van der Waals surface area contributed by atoms with Crippen molar-refractivity contribution in [3.05, 3.63) is 96.1 Å². The van der Waals surface area contributed by atoms with Crippen LogP contribution in [0, 0.1) is 0 Å². The highest BCUT2D eigenvalue weighted by Gasteiger charge is 2.17. The Morgan fingerprint density at radius 2 is 1.26 bits per heavy atom. The van der Waals surface area contributed by atoms with Crippen LogP contribution in [0.5, 0.6) is 17.2 Å². The molecule has 0 saturated carbocycles. The van der Waals surface area contributed by atoms with Crippen molar-refractivity contribution >= 4 is 29.8 Å². The Morgan fingerprint density at radius 1 is 0.706 bits per heavy atom. The monoisotopic (exact) mass is 460 g/mol. The van der Waals surface area contributed by atoms with E-state index in [1.54, 1.807) is 24.3 Å². The number of carbonyl (C=O) groups is 4. The Hall–Kier alpha value is -4.52. The van der Waals surface area contributed by atoms with Crippen molar-refractivity contribution in [2.75, 3.05) is 0 Å². The second kappa shape index (κ2) is 11.4. The molecule has 0 radical (unpaired) electrons. The van der Waals surface area contributed by atoms with Gasteiger partial charge in [0.15, 0.2) is 17.3 Å². The number of rotatable bonds is 9. The second-order valence-electron chi connectivity index (χ2n) is 7.44. The molecular weight excluding hydrogens is 436 g/mol. The zero-order chi connectivity index (χ0) is 25.4. The van der Waals surface area contributed by atoms with E-state index in [1.807, 2.05) is 0 Å². The quantitative estimate of drug-likeness (QED) is 0.224. The molecule has 0 N–H and O–H groups in total. The molecule has 0 bridgehead atoms. The van der Waals surface area contributed by atoms with Crippen LogP contribution >= 0.6 is 0 Å². The van der Waals surface area contributed by atoms with E-state index in [0.29, 0.717) is 11.3 Å². The molecule has 174 valence electrons. The van der Waals surface area contributed by atoms with Gasteiger partial charge in [-0.15, -0.1) is 0 Å². The van der Waals surface area contributed by atoms with Gasteiger partial charge in [0.25, 0.3) is 0 Å². The molecule has 0 aliphatic heterocycles. The highest BCUT2D eigenvalue weighted by Crippen LogP contribution is 2.30. The maximum Gasteiger partial charge on any atom is 0.338 e. The first kappa shape index (κ1) is 25.7. The average molecular weight is 460 g/mol. The number of hydrogen-bond acceptors (Lipinski definition) is 7. The first-order valence-corrected chi connectivity index (χ1v) is 10.1. The van der Waals surface area contributed by atoms with Gasteiger partial charge < -0.3 is 14.2 Å². The summed E-state index contributed by atoms with van der Waals surface area (Å²) in [6, 6.07) is 10.7. The number of ether oxygens (including phenoxy) is 3. The fourth-order valence-corrected chi connectivity index (χ4v) is 2.34. The average Bonchev–Trinajstić information content (AvgIpc) is 2.78. The lowest BCUT2D eigenvalue weighted by atomic mass is 10.1. The highest BCUT2D eigenvalue weighted by atomic mass is 16.6. The van der Waals surface area contributed by atoms with Crippen molar-refractivity contribution in [2.24, 2.45) is 0 Å². The molecule has 0 unspecified atom stereocenters. The van der Waals surface area contributed by atoms with Gasteiger partial charge in [0.2, 0.25) is 0 Å². The molecule has 2 aromatic carbocycles. The number of esters is 3. The normalized spacial score (nSPS) is 10.3. The summed E-state index contributed by atoms with van der Waals surface area (Å²) >= 11 is 0. The van der Waals surface area contributed by atoms with Crippen molar-refractivity contribution in [1.29, 1.82) is 0 Å². The van der Waals surface area contributed by atoms with Gasteiger partial charge in [-0.05, 0) is 62.7 Å². The molecule has 2 aromatic rings. The van der Waals surface area contributed by atoms with E-state index in [2.05, 4.69) is 19.7 Å². The molecule has 7 heteroatoms. The third-order valence-electron chi connectivity index (χ3n) is 4.17. The molecule has 2 rings (SSSR count). The third kappa shape index (κ3) is 7.27. The summed E-state index contributed by atoms with van der Waals surface area (Å²) in [5.41, 5.74) is 1.33. The summed E-state index contributed by atoms with van der Waals surface area (Å²) in [6.07, 6.45) is 2.84. The van der Waals surface area contributed by atoms with E-state index in [4.69, 9.17) is 14.2 Å². The van der Waals surface area contributed by atoms with E-state index < -0.39 is 23.7 Å². The summed E-state index contributed by atoms with van der Waals surface area (Å²) in [5, 5.41) is 0. The number of benzene rings is 2. The van der Waals surface area contributed by atoms with Crippen LogP contribution in [0.15, 0.2) is 85.0 Å². The Labute approximate surface area is 197 Å². The Bertz CT molecular complexity index is 1230. The van der Waals surface area contributed by atoms with E-state index in [9.17, 15) is 19.2 Å². The minimum Gasteiger partial charge on any atom is -0.423 e. The van der Waals surface area contributed by atoms with Crippen LogP contribution in [-0.4, -0.2) is 23.7 Å². The summed E-state index contributed by atoms with van der Waals surface area (Å²) in [4.78, 5) is 48.3. The van der Waals surface area contributed by atoms with Crippen molar-refractivity contribution in [3.8, 4) is 17.2 Å². The van der Waals surface area contributed by atoms with Crippen molar-refractivity contribution < 1.29 is 33.4 Å². The van der Waals surface area contributed by atoms with E-state index in [0.717, 1.165) is 0 Å². The largest absolute Gasteiger partial charge is 0.423 e. The van der Waals surface area contributed by atoms with Crippen LogP contribution in [0.25, 0.3) is 6.08 Å². The number of allylic oxidation sites excluding steroid dienone is 1. The molecular formula is C27H24O7. The minimum atomic E-state index is -0.742. The molecule has 0 atom stereocenters. The standard InChI is InChI=1S/C27H24O7/c1-16(2)25(29)32-21-9-7-8-19(14-21)10-12-22(28)20-11-13-23(33-26(30)17(3)4)24(15-20)34-27(31)18(5)6/h7-15H,1,3,5H2,2,4,6H3. The van der Waals surface area contributed by atoms with E-state index in [-0.39, 0.29) is 33.8 Å². The number of ketones is 1. The molecule has 0 heterocycles. The molecule has 0 spiro atoms. The number of hydrogen-bond donors (Lipinski definition) is 0. The van der Waals surface area contributed by atoms with Crippen molar-refractivity contribution in [2.45, 2.75) is 20.8 Å². The fourth-order valence-electron chi connectivity index (χ4n) is 2.34. The summed E-state index contributed by atoms with van der Waals surface area (Å²) in [5.74, 6) is -2.27. The van der Waals surface area contributed by atoms with Crippen LogP contribution in [0.2, 0.25) is 0 Å². The Kier molecular flexibility index (Phi) is 8.61. The maximum atomic E-state index is 12.7. The molecule has 0 aromatic heterocycles. The third-order valence-corrected chi connectivity index (χ3v) is 4.17. The minimum absolute atomic E-state index is 0.0461. The Balaban J connectivity index is 2.28. The zero-order valence-corrected chi connectivity index (χ0v) is 19.2. The van der Waals surface area contributed by atoms with Gasteiger partial charge >= 0.3 is 17.9 Å². The molecule has 7 nitrogen and oxygen atoms in total. The van der Waals surface area contributed by atoms with Gasteiger partial charge in [-0.1, -0.05) is 37.9 Å². The van der Waals surface area contributed by atoms with Crippen LogP contribution in [-0.2, 0) is 14.4 Å². The molecule has 34 heavy (non-hydrogen) atoms. The van der Waals surface area contributed by atoms with E-state index in [1.165, 1.54) is 51.1 Å². The maximum absolute atomic E-state index is 12.7. The van der Waals surface area contributed by atoms with Gasteiger partial charge in [0.05, 0.1) is 0 Å². The molecule has 0 amide bonds. The summed E-state index contributed by atoms with van der Waals surface area (Å²) in [7, 11) is 0. The van der Waals surface area contributed by atoms with Gasteiger partial charge in [-0.25, -0.2) is 14.4 Å². The lowest BCUT2D eigenvalue weighted by molar-refractivity contribution is -0.132. The van der Waals surface area contributed by atoms with Gasteiger partial charge in [0, 0.05) is 22.3 Å². The fraction of sp³-hybridized carbons (Fsp3) is 0.111. The van der Waals surface area contributed by atoms with Crippen LogP contribution in [0.1, 0.15) is 36.7 Å². The first-order chi connectivity index (χ1) is 16.0. The first-order valence-electron chi connectivity index (χ1n) is 10.1.